The minimum atomic E-state index is -0.320. The lowest BCUT2D eigenvalue weighted by Crippen LogP contribution is -2.25. The molecule has 0 saturated carbocycles. The van der Waals surface area contributed by atoms with Crippen molar-refractivity contribution >= 4 is 11.7 Å². The van der Waals surface area contributed by atoms with E-state index in [1.807, 2.05) is 19.1 Å². The molecule has 0 bridgehead atoms. The molecule has 1 amide bonds. The second kappa shape index (κ2) is 5.22. The summed E-state index contributed by atoms with van der Waals surface area (Å²) in [4.78, 5) is 23.7. The zero-order valence-corrected chi connectivity index (χ0v) is 9.92. The van der Waals surface area contributed by atoms with Crippen LogP contribution in [0, 0.1) is 6.92 Å². The Bertz CT molecular complexity index is 570. The molecule has 2 aromatic heterocycles. The highest BCUT2D eigenvalue weighted by atomic mass is 16.1. The number of amides is 1. The zero-order chi connectivity index (χ0) is 13.0. The van der Waals surface area contributed by atoms with Gasteiger partial charge in [0.25, 0.3) is 5.91 Å². The van der Waals surface area contributed by atoms with Gasteiger partial charge in [0.2, 0.25) is 0 Å². The summed E-state index contributed by atoms with van der Waals surface area (Å²) in [6, 6.07) is 3.79. The molecule has 0 aliphatic heterocycles. The number of anilines is 1. The monoisotopic (exact) mass is 243 g/mol. The van der Waals surface area contributed by atoms with Crippen molar-refractivity contribution in [3.8, 4) is 0 Å². The number of aromatic nitrogens is 3. The van der Waals surface area contributed by atoms with E-state index in [0.717, 1.165) is 11.3 Å². The highest BCUT2D eigenvalue weighted by molar-refractivity contribution is 5.92. The lowest BCUT2D eigenvalue weighted by Gasteiger charge is -2.06. The Balaban J connectivity index is 2.03. The highest BCUT2D eigenvalue weighted by Crippen LogP contribution is 2.03. The van der Waals surface area contributed by atoms with Crippen LogP contribution in [0.3, 0.4) is 0 Å². The Hall–Kier alpha value is -2.50. The van der Waals surface area contributed by atoms with Gasteiger partial charge in [-0.3, -0.25) is 14.8 Å². The molecule has 92 valence electrons. The molecule has 0 aromatic carbocycles. The number of nitrogens with two attached hydrogens (primary N) is 1. The zero-order valence-electron chi connectivity index (χ0n) is 9.92. The van der Waals surface area contributed by atoms with Gasteiger partial charge in [0.15, 0.2) is 0 Å². The van der Waals surface area contributed by atoms with Gasteiger partial charge in [0.1, 0.15) is 11.5 Å². The van der Waals surface area contributed by atoms with Crippen LogP contribution in [-0.2, 0) is 6.54 Å². The van der Waals surface area contributed by atoms with Crippen LogP contribution in [0.1, 0.15) is 21.7 Å². The number of hydrogen-bond acceptors (Lipinski definition) is 5. The van der Waals surface area contributed by atoms with Gasteiger partial charge in [-0.25, -0.2) is 4.98 Å². The molecule has 18 heavy (non-hydrogen) atoms. The Morgan fingerprint density at radius 2 is 2.28 bits per heavy atom. The van der Waals surface area contributed by atoms with Crippen LogP contribution in [-0.4, -0.2) is 20.9 Å². The third-order valence-electron chi connectivity index (χ3n) is 2.42. The maximum absolute atomic E-state index is 11.8. The summed E-state index contributed by atoms with van der Waals surface area (Å²) in [7, 11) is 0. The van der Waals surface area contributed by atoms with Crippen LogP contribution in [0.2, 0.25) is 0 Å². The van der Waals surface area contributed by atoms with Gasteiger partial charge < -0.3 is 11.1 Å². The maximum Gasteiger partial charge on any atom is 0.271 e. The molecule has 0 atom stereocenters. The smallest absolute Gasteiger partial charge is 0.271 e. The van der Waals surface area contributed by atoms with Crippen LogP contribution in [0.4, 0.5) is 5.82 Å². The van der Waals surface area contributed by atoms with E-state index in [1.54, 1.807) is 6.20 Å². The number of carbonyl (C=O) groups is 1. The summed E-state index contributed by atoms with van der Waals surface area (Å²) >= 11 is 0. The number of nitrogens with zero attached hydrogens (tertiary/aromatic N) is 3. The largest absolute Gasteiger partial charge is 0.382 e. The number of hydrogen-bond donors (Lipinski definition) is 2. The van der Waals surface area contributed by atoms with Gasteiger partial charge in [-0.15, -0.1) is 0 Å². The molecule has 6 heteroatoms. The summed E-state index contributed by atoms with van der Waals surface area (Å²) in [5, 5.41) is 2.72. The second-order valence-electron chi connectivity index (χ2n) is 3.78. The van der Waals surface area contributed by atoms with Crippen molar-refractivity contribution in [2.24, 2.45) is 0 Å². The molecular weight excluding hydrogens is 230 g/mol. The van der Waals surface area contributed by atoms with Gasteiger partial charge >= 0.3 is 0 Å². The second-order valence-corrected chi connectivity index (χ2v) is 3.78. The van der Waals surface area contributed by atoms with E-state index >= 15 is 0 Å². The number of pyridine rings is 1. The van der Waals surface area contributed by atoms with E-state index < -0.39 is 0 Å². The summed E-state index contributed by atoms with van der Waals surface area (Å²) in [6.07, 6.45) is 4.45. The number of carbonyl (C=O) groups excluding carboxylic acids is 1. The van der Waals surface area contributed by atoms with Crippen LogP contribution in [0.5, 0.6) is 0 Å². The Kier molecular flexibility index (Phi) is 3.47. The third-order valence-corrected chi connectivity index (χ3v) is 2.42. The van der Waals surface area contributed by atoms with Gasteiger partial charge in [-0.2, -0.15) is 0 Å². The van der Waals surface area contributed by atoms with Crippen molar-refractivity contribution in [2.75, 3.05) is 5.73 Å². The van der Waals surface area contributed by atoms with E-state index in [9.17, 15) is 4.79 Å². The van der Waals surface area contributed by atoms with E-state index in [4.69, 9.17) is 5.73 Å². The predicted molar refractivity (Wildman–Crippen MR) is 66.6 cm³/mol. The summed E-state index contributed by atoms with van der Waals surface area (Å²) < 4.78 is 0. The number of nitrogen functional groups attached to an aromatic ring is 1. The summed E-state index contributed by atoms with van der Waals surface area (Å²) in [5.74, 6) is -0.100. The molecule has 2 heterocycles. The van der Waals surface area contributed by atoms with Gasteiger partial charge in [0, 0.05) is 6.20 Å². The van der Waals surface area contributed by atoms with Crippen LogP contribution < -0.4 is 11.1 Å². The predicted octanol–water partition coefficient (Wildman–Crippen LogP) is 0.692. The molecule has 3 N–H and O–H groups in total. The van der Waals surface area contributed by atoms with Crippen molar-refractivity contribution in [1.29, 1.82) is 0 Å². The van der Waals surface area contributed by atoms with E-state index in [1.165, 1.54) is 12.4 Å². The molecule has 2 rings (SSSR count). The third kappa shape index (κ3) is 2.79. The number of nitrogens with one attached hydrogen (secondary N) is 1. The first-order valence-electron chi connectivity index (χ1n) is 5.43. The average molecular weight is 243 g/mol. The average Bonchev–Trinajstić information content (AvgIpc) is 2.37. The Morgan fingerprint density at radius 1 is 1.44 bits per heavy atom. The fourth-order valence-electron chi connectivity index (χ4n) is 1.45. The van der Waals surface area contributed by atoms with Gasteiger partial charge in [0.05, 0.1) is 24.6 Å². The van der Waals surface area contributed by atoms with Crippen molar-refractivity contribution in [3.05, 3.63) is 47.7 Å². The fraction of sp³-hybridized carbons (Fsp3) is 0.167. The Morgan fingerprint density at radius 3 is 3.00 bits per heavy atom. The highest BCUT2D eigenvalue weighted by Gasteiger charge is 2.08. The first-order valence-corrected chi connectivity index (χ1v) is 5.43. The number of aryl methyl sites for hydroxylation is 1. The molecule has 0 aliphatic rings. The molecule has 2 aromatic rings. The Labute approximate surface area is 104 Å². The van der Waals surface area contributed by atoms with Gasteiger partial charge in [-0.05, 0) is 18.6 Å². The molecule has 0 radical (unpaired) electrons. The maximum atomic E-state index is 11.8. The minimum absolute atomic E-state index is 0.198. The quantitative estimate of drug-likeness (QED) is 0.827. The molecule has 0 spiro atoms. The standard InChI is InChI=1S/C12H13N5O/c1-8-3-2-4-15-9(8)6-16-12(18)10-5-14-7-11(13)17-10/h2-5,7H,6H2,1H3,(H2,13,17)(H,16,18). The van der Waals surface area contributed by atoms with E-state index in [0.29, 0.717) is 6.54 Å². The van der Waals surface area contributed by atoms with Crippen molar-refractivity contribution in [1.82, 2.24) is 20.3 Å². The van der Waals surface area contributed by atoms with Gasteiger partial charge in [-0.1, -0.05) is 6.07 Å². The van der Waals surface area contributed by atoms with Crippen LogP contribution in [0.15, 0.2) is 30.7 Å². The fourth-order valence-corrected chi connectivity index (χ4v) is 1.45. The SMILES string of the molecule is Cc1cccnc1CNC(=O)c1cncc(N)n1. The van der Waals surface area contributed by atoms with Crippen molar-refractivity contribution in [2.45, 2.75) is 13.5 Å². The molecular formula is C12H13N5O. The topological polar surface area (TPSA) is 93.8 Å². The number of rotatable bonds is 3. The first-order chi connectivity index (χ1) is 8.66. The molecule has 6 nitrogen and oxygen atoms in total. The lowest BCUT2D eigenvalue weighted by atomic mass is 10.2. The summed E-state index contributed by atoms with van der Waals surface area (Å²) in [5.41, 5.74) is 7.51. The van der Waals surface area contributed by atoms with Crippen molar-refractivity contribution in [3.63, 3.8) is 0 Å². The van der Waals surface area contributed by atoms with E-state index in [2.05, 4.69) is 20.3 Å². The molecule has 0 saturated heterocycles. The van der Waals surface area contributed by atoms with Crippen molar-refractivity contribution < 1.29 is 4.79 Å². The molecule has 0 fully saturated rings. The minimum Gasteiger partial charge on any atom is -0.382 e. The normalized spacial score (nSPS) is 10.1. The van der Waals surface area contributed by atoms with E-state index in [-0.39, 0.29) is 17.4 Å². The molecule has 0 unspecified atom stereocenters. The molecule has 0 aliphatic carbocycles. The summed E-state index contributed by atoms with van der Waals surface area (Å²) in [6.45, 7) is 2.29. The lowest BCUT2D eigenvalue weighted by molar-refractivity contribution is 0.0945. The first kappa shape index (κ1) is 12.0. The van der Waals surface area contributed by atoms with Crippen LogP contribution in [0.25, 0.3) is 0 Å². The van der Waals surface area contributed by atoms with Crippen LogP contribution >= 0.6 is 0 Å².